The molecule has 0 aromatic heterocycles. The molecule has 492 valence electrons. The summed E-state index contributed by atoms with van der Waals surface area (Å²) in [6.07, 6.45) is 0. The minimum atomic E-state index is -1.37. The fourth-order valence-electron chi connectivity index (χ4n) is 6.64. The SMILES string of the molecule is C.CC(C)(C)S(=O)N=C1COC1.CC(C)(C)S(=O)NC1(c2ccc(Br)cc2F)COC1.CCO.CCO.CCOC(=O)c1ccc(C2(N)COC2)c(F)c1.CCOC(=O)c1ccc(C2(NS(=O)C(C)(C)C)COC2)c(F)c1.Fc1cc(Br)ccc1I.[B][B]. The minimum absolute atomic E-state index is 0. The Balaban J connectivity index is 0.00000107. The van der Waals surface area contributed by atoms with Gasteiger partial charge in [-0.3, -0.25) is 0 Å². The van der Waals surface area contributed by atoms with Gasteiger partial charge in [-0.2, -0.15) is 4.40 Å². The molecule has 4 heterocycles. The van der Waals surface area contributed by atoms with Crippen LogP contribution in [0.5, 0.6) is 0 Å². The van der Waals surface area contributed by atoms with E-state index in [1.165, 1.54) is 36.4 Å². The summed E-state index contributed by atoms with van der Waals surface area (Å²) in [6.45, 7) is 27.4. The van der Waals surface area contributed by atoms with Crippen LogP contribution in [-0.2, 0) is 78.0 Å². The number of aliphatic hydroxyl groups excluding tert-OH is 2. The summed E-state index contributed by atoms with van der Waals surface area (Å²) in [5.74, 6) is -2.64. The zero-order valence-electron chi connectivity index (χ0n) is 51.3. The zero-order valence-corrected chi connectivity index (χ0v) is 59.1. The van der Waals surface area contributed by atoms with Crippen molar-refractivity contribution in [2.24, 2.45) is 10.1 Å². The van der Waals surface area contributed by atoms with Crippen molar-refractivity contribution < 1.29 is 78.4 Å². The number of ether oxygens (including phenoxy) is 6. The molecule has 4 aliphatic heterocycles. The van der Waals surface area contributed by atoms with E-state index in [0.717, 1.165) is 22.3 Å². The van der Waals surface area contributed by atoms with E-state index in [-0.39, 0.29) is 74.6 Å². The molecule has 4 fully saturated rings. The van der Waals surface area contributed by atoms with Gasteiger partial charge < -0.3 is 44.4 Å². The number of benzene rings is 4. The maximum Gasteiger partial charge on any atom is 0.338 e. The van der Waals surface area contributed by atoms with E-state index >= 15 is 0 Å². The predicted octanol–water partition coefficient (Wildman–Crippen LogP) is 10.3. The summed E-state index contributed by atoms with van der Waals surface area (Å²) in [7, 11) is 4.24. The molecule has 29 heteroatoms. The van der Waals surface area contributed by atoms with Crippen LogP contribution in [0.1, 0.15) is 135 Å². The van der Waals surface area contributed by atoms with Gasteiger partial charge in [0.25, 0.3) is 0 Å². The number of halogens is 7. The number of carbonyl (C=O) groups excluding carboxylic acids is 2. The van der Waals surface area contributed by atoms with E-state index in [0.29, 0.717) is 64.4 Å². The van der Waals surface area contributed by atoms with Crippen LogP contribution in [0.25, 0.3) is 0 Å². The Kier molecular flexibility index (Phi) is 39.0. The molecule has 4 radical (unpaired) electrons. The molecule has 4 aromatic rings. The average molecular weight is 1540 g/mol. The van der Waals surface area contributed by atoms with Crippen LogP contribution < -0.4 is 15.2 Å². The molecule has 4 aliphatic rings. The number of hydrogen-bond acceptors (Lipinski definition) is 14. The maximum atomic E-state index is 14.5. The molecular weight excluding hydrogens is 1450 g/mol. The van der Waals surface area contributed by atoms with E-state index in [1.54, 1.807) is 45.9 Å². The van der Waals surface area contributed by atoms with Gasteiger partial charge in [-0.25, -0.2) is 49.2 Å². The van der Waals surface area contributed by atoms with Crippen LogP contribution in [0.3, 0.4) is 0 Å². The Labute approximate surface area is 558 Å². The van der Waals surface area contributed by atoms with E-state index in [2.05, 4.69) is 61.2 Å². The molecule has 88 heavy (non-hydrogen) atoms. The van der Waals surface area contributed by atoms with Gasteiger partial charge in [-0.05, 0) is 167 Å². The first-order valence-corrected chi connectivity index (χ1v) is 33.1. The van der Waals surface area contributed by atoms with Gasteiger partial charge in [0.05, 0.1) is 125 Å². The fourth-order valence-corrected chi connectivity index (χ4v) is 10.0. The number of rotatable bonds is 12. The monoisotopic (exact) mass is 1540 g/mol. The Hall–Kier alpha value is -2.88. The molecule has 6 N–H and O–H groups in total. The third kappa shape index (κ3) is 27.4. The van der Waals surface area contributed by atoms with Crippen molar-refractivity contribution in [2.75, 3.05) is 79.3 Å². The molecular formula is C59H85B2Br2F4IN4O13S3. The normalized spacial score (nSPS) is 16.4. The number of nitrogens with one attached hydrogen (secondary N) is 2. The number of carbonyl (C=O) groups is 2. The van der Waals surface area contributed by atoms with Crippen molar-refractivity contribution in [3.63, 3.8) is 0 Å². The van der Waals surface area contributed by atoms with Crippen LogP contribution in [0.15, 0.2) is 86.1 Å². The van der Waals surface area contributed by atoms with Gasteiger partial charge in [0.2, 0.25) is 0 Å². The minimum Gasteiger partial charge on any atom is -0.462 e. The second kappa shape index (κ2) is 40.3. The standard InChI is InChI=1S/C16H22FNO4S.C13H17BrFNO2S.C12H14FNO3.C7H13NO2S.C6H3BrFI.2C2H6O.CH4.B2/c1-5-22-14(19)11-6-7-12(13(17)8-11)16(9-21-10-16)18-23(20)15(2,3)4;1-12(2,3)19(17)16-13(7-18-8-13)10-5-4-9(14)6-11(10)15;1-2-17-11(15)8-3-4-9(10(13)5-8)12(14)6-16-7-12;1-7(2,3)11(9)8-6-4-10-5-6;7-4-1-2-6(9)5(8)3-4;2*1-2-3;;1-2/h6-8,18H,5,9-10H2,1-4H3;4-6,16H,7-8H2,1-3H3;3-5H,2,6-7,14H2,1H3;4-5H2,1-3H3;1-3H;2*3H,2H2,1H3;1H4;. The lowest BCUT2D eigenvalue weighted by Crippen LogP contribution is -2.60. The fraction of sp³-hybridized carbons (Fsp3) is 0.542. The van der Waals surface area contributed by atoms with Gasteiger partial charge in [0.1, 0.15) is 45.3 Å². The first-order valence-electron chi connectivity index (χ1n) is 27.1. The molecule has 0 spiro atoms. The largest absolute Gasteiger partial charge is 0.462 e. The highest BCUT2D eigenvalue weighted by Crippen LogP contribution is 2.36. The maximum absolute atomic E-state index is 14.5. The first-order chi connectivity index (χ1) is 40.5. The van der Waals surface area contributed by atoms with Crippen LogP contribution in [-0.4, -0.2) is 149 Å². The predicted molar refractivity (Wildman–Crippen MR) is 359 cm³/mol. The Morgan fingerprint density at radius 1 is 0.602 bits per heavy atom. The first kappa shape index (κ1) is 85.1. The van der Waals surface area contributed by atoms with Gasteiger partial charge in [-0.15, -0.1) is 0 Å². The van der Waals surface area contributed by atoms with Gasteiger partial charge in [0, 0.05) is 57.9 Å². The summed E-state index contributed by atoms with van der Waals surface area (Å²) in [6, 6.07) is 18.2. The molecule has 3 atom stereocenters. The van der Waals surface area contributed by atoms with E-state index in [4.69, 9.17) is 44.4 Å². The van der Waals surface area contributed by atoms with Crippen LogP contribution in [0.2, 0.25) is 0 Å². The average Bonchev–Trinajstić information content (AvgIpc) is 1.04. The van der Waals surface area contributed by atoms with Crippen LogP contribution in [0, 0.1) is 26.8 Å². The van der Waals surface area contributed by atoms with Gasteiger partial charge in [0.15, 0.2) is 0 Å². The highest BCUT2D eigenvalue weighted by molar-refractivity contribution is 14.1. The van der Waals surface area contributed by atoms with Crippen molar-refractivity contribution in [3.8, 4) is 0 Å². The molecule has 0 amide bonds. The lowest BCUT2D eigenvalue weighted by atomic mass is 9.81. The summed E-state index contributed by atoms with van der Waals surface area (Å²) in [5.41, 5.74) is 6.11. The van der Waals surface area contributed by atoms with E-state index < -0.39 is 82.6 Å². The molecule has 0 saturated carbocycles. The van der Waals surface area contributed by atoms with Crippen LogP contribution in [0.4, 0.5) is 17.6 Å². The van der Waals surface area contributed by atoms with Crippen molar-refractivity contribution in [1.29, 1.82) is 0 Å². The molecule has 17 nitrogen and oxygen atoms in total. The highest BCUT2D eigenvalue weighted by atomic mass is 127. The van der Waals surface area contributed by atoms with Gasteiger partial charge in [-0.1, -0.05) is 57.5 Å². The number of hydrogen-bond donors (Lipinski definition) is 5. The second-order valence-corrected chi connectivity index (χ2v) is 30.8. The second-order valence-electron chi connectivity index (χ2n) is 21.9. The number of nitrogens with zero attached hydrogens (tertiary/aromatic N) is 1. The van der Waals surface area contributed by atoms with Crippen molar-refractivity contribution in [1.82, 2.24) is 9.44 Å². The zero-order chi connectivity index (χ0) is 66.7. The number of aliphatic hydroxyl groups is 2. The van der Waals surface area contributed by atoms with Crippen molar-refractivity contribution in [3.05, 3.63) is 136 Å². The summed E-state index contributed by atoms with van der Waals surface area (Å²) < 4.78 is 132. The van der Waals surface area contributed by atoms with E-state index in [1.807, 2.05) is 91.0 Å². The molecule has 8 rings (SSSR count). The topological polar surface area (TPSA) is 244 Å². The Morgan fingerprint density at radius 2 is 0.943 bits per heavy atom. The number of esters is 2. The highest BCUT2D eigenvalue weighted by Gasteiger charge is 2.46. The third-order valence-electron chi connectivity index (χ3n) is 11.4. The molecule has 3 unspecified atom stereocenters. The van der Waals surface area contributed by atoms with E-state index in [9.17, 15) is 39.8 Å². The lowest BCUT2D eigenvalue weighted by molar-refractivity contribution is -0.0675. The molecule has 4 saturated heterocycles. The molecule has 0 bridgehead atoms. The van der Waals surface area contributed by atoms with Crippen molar-refractivity contribution >= 4 is 121 Å². The Bertz CT molecular complexity index is 2930. The lowest BCUT2D eigenvalue weighted by Gasteiger charge is -2.43. The smallest absolute Gasteiger partial charge is 0.338 e. The summed E-state index contributed by atoms with van der Waals surface area (Å²) in [4.78, 5) is 23.1. The van der Waals surface area contributed by atoms with Crippen LogP contribution >= 0.6 is 54.5 Å². The quantitative estimate of drug-likeness (QED) is 0.0291. The summed E-state index contributed by atoms with van der Waals surface area (Å²) >= 11 is 8.33. The molecule has 0 aliphatic carbocycles. The molecule has 4 aromatic carbocycles. The van der Waals surface area contributed by atoms with Crippen molar-refractivity contribution in [2.45, 2.75) is 128 Å². The third-order valence-corrected chi connectivity index (χ3v) is 18.1. The summed E-state index contributed by atoms with van der Waals surface area (Å²) in [5, 5.41) is 15.1. The number of nitrogens with two attached hydrogens (primary N) is 1. The van der Waals surface area contributed by atoms with Gasteiger partial charge >= 0.3 is 11.9 Å². The Morgan fingerprint density at radius 3 is 1.20 bits per heavy atom.